The van der Waals surface area contributed by atoms with Crippen molar-refractivity contribution in [1.82, 2.24) is 9.47 Å². The van der Waals surface area contributed by atoms with Gasteiger partial charge in [-0.1, -0.05) is 23.8 Å². The topological polar surface area (TPSA) is 109 Å². The Kier molecular flexibility index (Phi) is 6.14. The fraction of sp³-hybridized carbons (Fsp3) is 0.0833. The maximum absolute atomic E-state index is 12.8. The van der Waals surface area contributed by atoms with Crippen LogP contribution >= 0.6 is 11.8 Å². The first-order valence-corrected chi connectivity index (χ1v) is 10.8. The number of carboxylic acids is 1. The Morgan fingerprint density at radius 1 is 1.06 bits per heavy atom. The van der Waals surface area contributed by atoms with Crippen molar-refractivity contribution in [3.05, 3.63) is 88.6 Å². The highest BCUT2D eigenvalue weighted by atomic mass is 32.2. The first kappa shape index (κ1) is 22.1. The summed E-state index contributed by atoms with van der Waals surface area (Å²) in [4.78, 5) is 49.9. The molecule has 0 bridgehead atoms. The molecular formula is C24H19N3O5S. The molecule has 9 heteroatoms. The number of anilines is 1. The van der Waals surface area contributed by atoms with Gasteiger partial charge in [0.15, 0.2) is 0 Å². The highest BCUT2D eigenvalue weighted by Crippen LogP contribution is 2.32. The molecule has 2 N–H and O–H groups in total. The van der Waals surface area contributed by atoms with Gasteiger partial charge in [-0.15, -0.1) is 0 Å². The fourth-order valence-corrected chi connectivity index (χ4v) is 4.11. The lowest BCUT2D eigenvalue weighted by Gasteiger charge is -2.12. The number of hydrogen-bond acceptors (Lipinski definition) is 5. The fourth-order valence-electron chi connectivity index (χ4n) is 3.29. The van der Waals surface area contributed by atoms with Gasteiger partial charge in [-0.2, -0.15) is 0 Å². The minimum Gasteiger partial charge on any atom is -0.478 e. The minimum absolute atomic E-state index is 0.132. The number of aryl methyl sites for hydroxylation is 1. The number of carbonyl (C=O) groups is 4. The Bertz CT molecular complexity index is 1290. The van der Waals surface area contributed by atoms with E-state index >= 15 is 0 Å². The van der Waals surface area contributed by atoms with Crippen LogP contribution in [0.2, 0.25) is 0 Å². The van der Waals surface area contributed by atoms with E-state index in [-0.39, 0.29) is 10.5 Å². The molecule has 2 heterocycles. The van der Waals surface area contributed by atoms with Crippen molar-refractivity contribution in [2.75, 3.05) is 11.9 Å². The number of rotatable bonds is 6. The largest absolute Gasteiger partial charge is 0.478 e. The average Bonchev–Trinajstić information content (AvgIpc) is 3.35. The summed E-state index contributed by atoms with van der Waals surface area (Å²) in [5, 5.41) is 11.4. The Labute approximate surface area is 193 Å². The lowest BCUT2D eigenvalue weighted by molar-refractivity contribution is -0.127. The SMILES string of the molecule is Cc1ccc(NC(=O)CN2C(=O)S/C(=C\c3cccn3-c3cccc(C(=O)O)c3)C2=O)cc1. The number of imide groups is 1. The number of thioether (sulfide) groups is 1. The van der Waals surface area contributed by atoms with Crippen LogP contribution in [0.25, 0.3) is 11.8 Å². The monoisotopic (exact) mass is 461 g/mol. The van der Waals surface area contributed by atoms with Crippen molar-refractivity contribution in [3.63, 3.8) is 0 Å². The summed E-state index contributed by atoms with van der Waals surface area (Å²) in [5.74, 6) is -2.08. The normalized spacial score (nSPS) is 14.7. The molecule has 0 aliphatic carbocycles. The Morgan fingerprint density at radius 2 is 1.82 bits per heavy atom. The van der Waals surface area contributed by atoms with Crippen LogP contribution in [0.3, 0.4) is 0 Å². The molecule has 0 radical (unpaired) electrons. The number of amides is 3. The van der Waals surface area contributed by atoms with Crippen LogP contribution in [0.4, 0.5) is 10.5 Å². The lowest BCUT2D eigenvalue weighted by Crippen LogP contribution is -2.36. The molecule has 2 aromatic carbocycles. The average molecular weight is 461 g/mol. The van der Waals surface area contributed by atoms with Gasteiger partial charge < -0.3 is 15.0 Å². The van der Waals surface area contributed by atoms with Crippen LogP contribution in [0.1, 0.15) is 21.6 Å². The molecule has 1 saturated heterocycles. The van der Waals surface area contributed by atoms with Crippen molar-refractivity contribution < 1.29 is 24.3 Å². The highest BCUT2D eigenvalue weighted by Gasteiger charge is 2.36. The van der Waals surface area contributed by atoms with Gasteiger partial charge in [0, 0.05) is 23.3 Å². The lowest BCUT2D eigenvalue weighted by atomic mass is 10.2. The zero-order chi connectivity index (χ0) is 23.5. The number of carboxylic acid groups (broad SMARTS) is 1. The number of benzene rings is 2. The third-order valence-corrected chi connectivity index (χ3v) is 5.85. The first-order chi connectivity index (χ1) is 15.8. The third kappa shape index (κ3) is 4.88. The smallest absolute Gasteiger partial charge is 0.335 e. The van der Waals surface area contributed by atoms with Crippen LogP contribution in [-0.4, -0.2) is 44.1 Å². The van der Waals surface area contributed by atoms with E-state index in [1.165, 1.54) is 12.1 Å². The van der Waals surface area contributed by atoms with Crippen LogP contribution in [0.5, 0.6) is 0 Å². The molecule has 1 aliphatic rings. The summed E-state index contributed by atoms with van der Waals surface area (Å²) in [6, 6.07) is 17.0. The predicted octanol–water partition coefficient (Wildman–Crippen LogP) is 4.16. The molecule has 0 unspecified atom stereocenters. The van der Waals surface area contributed by atoms with Gasteiger partial charge in [-0.3, -0.25) is 19.3 Å². The summed E-state index contributed by atoms with van der Waals surface area (Å²) in [6.45, 7) is 1.54. The second-order valence-corrected chi connectivity index (χ2v) is 8.33. The molecule has 8 nitrogen and oxygen atoms in total. The summed E-state index contributed by atoms with van der Waals surface area (Å²) < 4.78 is 1.71. The maximum atomic E-state index is 12.8. The Morgan fingerprint density at radius 3 is 2.55 bits per heavy atom. The number of nitrogens with one attached hydrogen (secondary N) is 1. The summed E-state index contributed by atoms with van der Waals surface area (Å²) in [6.07, 6.45) is 3.28. The second-order valence-electron chi connectivity index (χ2n) is 7.34. The molecule has 0 atom stereocenters. The van der Waals surface area contributed by atoms with E-state index in [0.717, 1.165) is 22.2 Å². The molecule has 33 heavy (non-hydrogen) atoms. The molecule has 3 aromatic rings. The van der Waals surface area contributed by atoms with Crippen molar-refractivity contribution in [2.45, 2.75) is 6.92 Å². The molecule has 166 valence electrons. The predicted molar refractivity (Wildman–Crippen MR) is 125 cm³/mol. The number of aromatic nitrogens is 1. The van der Waals surface area contributed by atoms with E-state index in [0.29, 0.717) is 17.1 Å². The number of carbonyl (C=O) groups excluding carboxylic acids is 3. The zero-order valence-corrected chi connectivity index (χ0v) is 18.3. The quantitative estimate of drug-likeness (QED) is 0.534. The summed E-state index contributed by atoms with van der Waals surface area (Å²) in [7, 11) is 0. The van der Waals surface area contributed by atoms with Gasteiger partial charge in [-0.05, 0) is 67.2 Å². The van der Waals surface area contributed by atoms with Crippen molar-refractivity contribution in [3.8, 4) is 5.69 Å². The highest BCUT2D eigenvalue weighted by molar-refractivity contribution is 8.18. The molecule has 0 saturated carbocycles. The molecule has 1 aliphatic heterocycles. The number of aromatic carboxylic acids is 1. The van der Waals surface area contributed by atoms with Gasteiger partial charge in [0.25, 0.3) is 11.1 Å². The van der Waals surface area contributed by atoms with Crippen LogP contribution in [0, 0.1) is 6.92 Å². The van der Waals surface area contributed by atoms with Gasteiger partial charge in [0.1, 0.15) is 6.54 Å². The molecule has 1 fully saturated rings. The Hall–Kier alpha value is -4.11. The Balaban J connectivity index is 1.51. The summed E-state index contributed by atoms with van der Waals surface area (Å²) in [5.41, 5.74) is 2.94. The minimum atomic E-state index is -1.05. The van der Waals surface area contributed by atoms with Gasteiger partial charge >= 0.3 is 5.97 Å². The molecule has 3 amide bonds. The molecule has 4 rings (SSSR count). The second kappa shape index (κ2) is 9.17. The van der Waals surface area contributed by atoms with Crippen molar-refractivity contribution >= 4 is 46.5 Å². The van der Waals surface area contributed by atoms with E-state index in [4.69, 9.17) is 0 Å². The van der Waals surface area contributed by atoms with Crippen LogP contribution in [-0.2, 0) is 9.59 Å². The van der Waals surface area contributed by atoms with Gasteiger partial charge in [0.05, 0.1) is 10.5 Å². The van der Waals surface area contributed by atoms with Crippen LogP contribution < -0.4 is 5.32 Å². The van der Waals surface area contributed by atoms with Gasteiger partial charge in [-0.25, -0.2) is 4.79 Å². The number of nitrogens with zero attached hydrogens (tertiary/aromatic N) is 2. The maximum Gasteiger partial charge on any atom is 0.335 e. The standard InChI is InChI=1S/C24H19N3O5S/c1-15-7-9-17(10-8-15)25-21(28)14-27-22(29)20(33-24(27)32)13-19-6-3-11-26(19)18-5-2-4-16(12-18)23(30)31/h2-13H,14H2,1H3,(H,25,28)(H,30,31)/b20-13-. The number of hydrogen-bond donors (Lipinski definition) is 2. The molecule has 0 spiro atoms. The first-order valence-electron chi connectivity index (χ1n) is 9.95. The van der Waals surface area contributed by atoms with E-state index < -0.39 is 29.6 Å². The van der Waals surface area contributed by atoms with E-state index in [9.17, 15) is 24.3 Å². The third-order valence-electron chi connectivity index (χ3n) is 4.94. The summed E-state index contributed by atoms with van der Waals surface area (Å²) >= 11 is 0.753. The zero-order valence-electron chi connectivity index (χ0n) is 17.5. The molecular weight excluding hydrogens is 442 g/mol. The van der Waals surface area contributed by atoms with E-state index in [1.54, 1.807) is 53.2 Å². The van der Waals surface area contributed by atoms with Crippen LogP contribution in [0.15, 0.2) is 71.8 Å². The van der Waals surface area contributed by atoms with Gasteiger partial charge in [0.2, 0.25) is 5.91 Å². The van der Waals surface area contributed by atoms with E-state index in [2.05, 4.69) is 5.32 Å². The van der Waals surface area contributed by atoms with E-state index in [1.807, 2.05) is 19.1 Å². The van der Waals surface area contributed by atoms with Crippen molar-refractivity contribution in [1.29, 1.82) is 0 Å². The van der Waals surface area contributed by atoms with Crippen molar-refractivity contribution in [2.24, 2.45) is 0 Å². The molecule has 1 aromatic heterocycles.